The summed E-state index contributed by atoms with van der Waals surface area (Å²) in [4.78, 5) is 0. The fraction of sp³-hybridized carbons (Fsp3) is 0. The van der Waals surface area contributed by atoms with Gasteiger partial charge >= 0.3 is 41.4 Å². The summed E-state index contributed by atoms with van der Waals surface area (Å²) in [6.07, 6.45) is 0. The van der Waals surface area contributed by atoms with Crippen LogP contribution in [0.5, 0.6) is 0 Å². The SMILES string of the molecule is [Co].[LiH].[Ni].[O]=[Mn]=[O]. The summed E-state index contributed by atoms with van der Waals surface area (Å²) in [7, 11) is 0. The molecule has 2 nitrogen and oxygen atoms in total. The van der Waals surface area contributed by atoms with E-state index < -0.39 is 14.8 Å². The summed E-state index contributed by atoms with van der Waals surface area (Å²) in [6.45, 7) is 0. The van der Waals surface area contributed by atoms with Gasteiger partial charge < -0.3 is 0 Å². The van der Waals surface area contributed by atoms with Crippen LogP contribution in [0.25, 0.3) is 0 Å². The molecular formula is HCoLiMnNiO2. The van der Waals surface area contributed by atoms with E-state index in [0.29, 0.717) is 0 Å². The van der Waals surface area contributed by atoms with E-state index in [1.807, 2.05) is 0 Å². The summed E-state index contributed by atoms with van der Waals surface area (Å²) in [5.41, 5.74) is 0. The first kappa shape index (κ1) is 25.2. The van der Waals surface area contributed by atoms with Gasteiger partial charge in [0.15, 0.2) is 0 Å². The van der Waals surface area contributed by atoms with E-state index in [2.05, 4.69) is 0 Å². The Hall–Kier alpha value is 1.72. The first-order valence-electron chi connectivity index (χ1n) is 0.309. The Morgan fingerprint density at radius 1 is 1.17 bits per heavy atom. The first-order valence-corrected chi connectivity index (χ1v) is 1.27. The molecule has 40 valence electrons. The number of rotatable bonds is 0. The molecule has 0 N–H and O–H groups in total. The Morgan fingerprint density at radius 2 is 1.17 bits per heavy atom. The maximum atomic E-state index is 8.41. The Morgan fingerprint density at radius 3 is 1.17 bits per heavy atom. The average molecular weight is 213 g/mol. The van der Waals surface area contributed by atoms with E-state index in [4.69, 9.17) is 7.67 Å². The quantitative estimate of drug-likeness (QED) is 0.488. The predicted octanol–water partition coefficient (Wildman–Crippen LogP) is -0.894. The van der Waals surface area contributed by atoms with Gasteiger partial charge in [-0.25, -0.2) is 0 Å². The summed E-state index contributed by atoms with van der Waals surface area (Å²) < 4.78 is 16.8. The van der Waals surface area contributed by atoms with Crippen LogP contribution < -0.4 is 0 Å². The van der Waals surface area contributed by atoms with Crippen LogP contribution in [0.2, 0.25) is 0 Å². The van der Waals surface area contributed by atoms with Crippen molar-refractivity contribution in [2.24, 2.45) is 0 Å². The van der Waals surface area contributed by atoms with Gasteiger partial charge in [0.25, 0.3) is 0 Å². The van der Waals surface area contributed by atoms with Gasteiger partial charge in [0.05, 0.1) is 0 Å². The van der Waals surface area contributed by atoms with E-state index >= 15 is 0 Å². The molecule has 0 aromatic rings. The van der Waals surface area contributed by atoms with Gasteiger partial charge in [-0.15, -0.1) is 0 Å². The number of hydrogen-bond acceptors (Lipinski definition) is 2. The molecule has 6 heteroatoms. The molecule has 0 spiro atoms. The van der Waals surface area contributed by atoms with Crippen molar-refractivity contribution >= 4 is 18.9 Å². The van der Waals surface area contributed by atoms with E-state index in [-0.39, 0.29) is 52.1 Å². The van der Waals surface area contributed by atoms with Crippen LogP contribution in [0.1, 0.15) is 0 Å². The summed E-state index contributed by atoms with van der Waals surface area (Å²) in [5.74, 6) is 0. The molecule has 0 aromatic heterocycles. The molecule has 0 amide bonds. The second-order valence-electron chi connectivity index (χ2n) is 0.0630. The van der Waals surface area contributed by atoms with Crippen molar-refractivity contribution in [1.82, 2.24) is 0 Å². The van der Waals surface area contributed by atoms with Gasteiger partial charge in [0.2, 0.25) is 0 Å². The fourth-order valence-corrected chi connectivity index (χ4v) is 0. The van der Waals surface area contributed by atoms with Crippen LogP contribution in [0, 0.1) is 0 Å². The van der Waals surface area contributed by atoms with Crippen molar-refractivity contribution in [1.29, 1.82) is 0 Å². The third kappa shape index (κ3) is 43.2. The van der Waals surface area contributed by atoms with Gasteiger partial charge in [-0.2, -0.15) is 0 Å². The van der Waals surface area contributed by atoms with E-state index in [1.165, 1.54) is 0 Å². The minimum absolute atomic E-state index is 0. The molecule has 0 aliphatic heterocycles. The van der Waals surface area contributed by atoms with Crippen LogP contribution in [0.4, 0.5) is 0 Å². The van der Waals surface area contributed by atoms with Crippen molar-refractivity contribution in [2.45, 2.75) is 0 Å². The molecule has 0 aliphatic rings. The molecular weight excluding hydrogens is 212 g/mol. The van der Waals surface area contributed by atoms with Crippen LogP contribution in [-0.2, 0) is 55.8 Å². The zero-order chi connectivity index (χ0) is 2.71. The third-order valence-corrected chi connectivity index (χ3v) is 0. The van der Waals surface area contributed by atoms with E-state index in [1.54, 1.807) is 0 Å². The molecule has 0 fully saturated rings. The topological polar surface area (TPSA) is 34.1 Å². The van der Waals surface area contributed by atoms with Crippen LogP contribution in [0.15, 0.2) is 0 Å². The van der Waals surface area contributed by atoms with Gasteiger partial charge in [0, 0.05) is 33.3 Å². The van der Waals surface area contributed by atoms with Crippen LogP contribution in [0.3, 0.4) is 0 Å². The zero-order valence-electron chi connectivity index (χ0n) is 1.84. The summed E-state index contributed by atoms with van der Waals surface area (Å²) >= 11 is -1.44. The molecule has 0 aromatic carbocycles. The molecule has 0 aliphatic carbocycles. The Kier molecular flexibility index (Phi) is 125. The molecule has 6 heavy (non-hydrogen) atoms. The molecule has 1 radical (unpaired) electrons. The summed E-state index contributed by atoms with van der Waals surface area (Å²) in [5, 5.41) is 0. The third-order valence-electron chi connectivity index (χ3n) is 0. The van der Waals surface area contributed by atoms with Crippen LogP contribution in [-0.4, -0.2) is 18.9 Å². The van der Waals surface area contributed by atoms with Crippen molar-refractivity contribution in [3.05, 3.63) is 0 Å². The molecule has 0 atom stereocenters. The van der Waals surface area contributed by atoms with Crippen LogP contribution >= 0.6 is 0 Å². The predicted molar refractivity (Wildman–Crippen MR) is 8.52 cm³/mol. The van der Waals surface area contributed by atoms with Gasteiger partial charge in [0.1, 0.15) is 0 Å². The van der Waals surface area contributed by atoms with Crippen molar-refractivity contribution in [3.8, 4) is 0 Å². The number of hydrogen-bond donors (Lipinski definition) is 0. The fourth-order valence-electron chi connectivity index (χ4n) is 0. The van der Waals surface area contributed by atoms with Crippen molar-refractivity contribution < 1.29 is 55.8 Å². The monoisotopic (exact) mass is 212 g/mol. The molecule has 0 heterocycles. The zero-order valence-corrected chi connectivity index (χ0v) is 5.05. The van der Waals surface area contributed by atoms with E-state index in [0.717, 1.165) is 0 Å². The van der Waals surface area contributed by atoms with Gasteiger partial charge in [-0.1, -0.05) is 0 Å². The normalized spacial score (nSPS) is 2.00. The van der Waals surface area contributed by atoms with Crippen molar-refractivity contribution in [3.63, 3.8) is 0 Å². The standard InChI is InChI=1S/Co.Li.Mn.Ni.2O.H. The Bertz CT molecular complexity index is 34.5. The molecule has 0 rings (SSSR count). The van der Waals surface area contributed by atoms with Gasteiger partial charge in [-0.3, -0.25) is 0 Å². The second-order valence-corrected chi connectivity index (χ2v) is 0.260. The average Bonchev–Trinajstić information content (AvgIpc) is 0.918. The van der Waals surface area contributed by atoms with Crippen molar-refractivity contribution in [2.75, 3.05) is 0 Å². The second kappa shape index (κ2) is 29.7. The first-order chi connectivity index (χ1) is 1.41. The van der Waals surface area contributed by atoms with E-state index in [9.17, 15) is 0 Å². The molecule has 0 unspecified atom stereocenters. The maximum absolute atomic E-state index is 8.41. The Labute approximate surface area is 74.1 Å². The summed E-state index contributed by atoms with van der Waals surface area (Å²) in [6, 6.07) is 0. The Balaban J connectivity index is -0.00000000667. The molecule has 0 saturated heterocycles. The van der Waals surface area contributed by atoms with Gasteiger partial charge in [-0.05, 0) is 0 Å². The molecule has 0 saturated carbocycles. The molecule has 0 bridgehead atoms. The minimum atomic E-state index is -1.44.